The molecule has 0 radical (unpaired) electrons. The predicted octanol–water partition coefficient (Wildman–Crippen LogP) is 9.24. The Morgan fingerprint density at radius 3 is 1.54 bits per heavy atom. The van der Waals surface area contributed by atoms with Crippen LogP contribution in [0.4, 0.5) is 0 Å². The SMILES string of the molecule is C=c1c(O)c(C(C)C)c2cc(C)c(-c3c(C)cc4c(C(C)C)c(C)c(=C)c(=C5SCCCS5)c4c3O)c(C)c2c1=C1SCCCS1. The van der Waals surface area contributed by atoms with E-state index in [0.29, 0.717) is 22.6 Å². The first kappa shape index (κ1) is 33.8. The van der Waals surface area contributed by atoms with Crippen LogP contribution in [0.2, 0.25) is 0 Å². The van der Waals surface area contributed by atoms with Gasteiger partial charge in [-0.1, -0.05) is 53.0 Å². The lowest BCUT2D eigenvalue weighted by molar-refractivity contribution is 0.461. The number of phenols is 2. The van der Waals surface area contributed by atoms with E-state index in [1.54, 1.807) is 0 Å². The fourth-order valence-electron chi connectivity index (χ4n) is 7.67. The molecule has 242 valence electrons. The van der Waals surface area contributed by atoms with Crippen LogP contribution in [0.5, 0.6) is 11.5 Å². The molecule has 2 heterocycles. The van der Waals surface area contributed by atoms with Crippen LogP contribution in [-0.4, -0.2) is 33.2 Å². The summed E-state index contributed by atoms with van der Waals surface area (Å²) >= 11 is 7.57. The van der Waals surface area contributed by atoms with Crippen molar-refractivity contribution in [3.63, 3.8) is 0 Å². The molecule has 0 spiro atoms. The maximum atomic E-state index is 12.7. The summed E-state index contributed by atoms with van der Waals surface area (Å²) in [6.45, 7) is 26.6. The summed E-state index contributed by atoms with van der Waals surface area (Å²) in [5, 5.41) is 32.5. The van der Waals surface area contributed by atoms with Gasteiger partial charge in [0.25, 0.3) is 0 Å². The summed E-state index contributed by atoms with van der Waals surface area (Å²) in [5.41, 5.74) is 8.75. The number of aryl methyl sites for hydroxylation is 3. The third-order valence-corrected chi connectivity index (χ3v) is 14.9. The summed E-state index contributed by atoms with van der Waals surface area (Å²) in [7, 11) is 0. The first-order valence-electron chi connectivity index (χ1n) is 16.4. The molecule has 2 fully saturated rings. The highest BCUT2D eigenvalue weighted by molar-refractivity contribution is 8.30. The lowest BCUT2D eigenvalue weighted by atomic mass is 9.82. The van der Waals surface area contributed by atoms with Crippen molar-refractivity contribution in [2.75, 3.05) is 23.0 Å². The summed E-state index contributed by atoms with van der Waals surface area (Å²) in [4.78, 5) is 0. The van der Waals surface area contributed by atoms with Gasteiger partial charge in [-0.05, 0) is 130 Å². The van der Waals surface area contributed by atoms with E-state index in [2.05, 4.69) is 80.7 Å². The second-order valence-electron chi connectivity index (χ2n) is 13.4. The molecule has 0 aromatic heterocycles. The van der Waals surface area contributed by atoms with E-state index >= 15 is 0 Å². The number of rotatable bonds is 3. The highest BCUT2D eigenvalue weighted by atomic mass is 32.2. The molecule has 2 saturated heterocycles. The van der Waals surface area contributed by atoms with Gasteiger partial charge >= 0.3 is 0 Å². The quantitative estimate of drug-likeness (QED) is 0.224. The Morgan fingerprint density at radius 2 is 1.04 bits per heavy atom. The predicted molar refractivity (Wildman–Crippen MR) is 213 cm³/mol. The highest BCUT2D eigenvalue weighted by Gasteiger charge is 2.26. The first-order valence-corrected chi connectivity index (χ1v) is 20.4. The van der Waals surface area contributed by atoms with Crippen LogP contribution >= 0.6 is 47.0 Å². The molecule has 4 aromatic carbocycles. The minimum absolute atomic E-state index is 0.132. The van der Waals surface area contributed by atoms with Crippen molar-refractivity contribution in [2.45, 2.75) is 80.1 Å². The van der Waals surface area contributed by atoms with Gasteiger partial charge in [-0.15, -0.1) is 47.0 Å². The van der Waals surface area contributed by atoms with Gasteiger partial charge < -0.3 is 10.2 Å². The van der Waals surface area contributed by atoms with Crippen LogP contribution in [0.1, 0.15) is 85.8 Å². The lowest BCUT2D eigenvalue weighted by Gasteiger charge is -2.25. The van der Waals surface area contributed by atoms with Crippen LogP contribution < -0.4 is 20.9 Å². The van der Waals surface area contributed by atoms with Gasteiger partial charge in [0.1, 0.15) is 11.5 Å². The summed E-state index contributed by atoms with van der Waals surface area (Å²) in [6.07, 6.45) is 2.37. The Balaban J connectivity index is 1.84. The topological polar surface area (TPSA) is 40.5 Å². The maximum Gasteiger partial charge on any atom is 0.132 e. The normalized spacial score (nSPS) is 16.0. The smallest absolute Gasteiger partial charge is 0.132 e. The van der Waals surface area contributed by atoms with Crippen LogP contribution in [0, 0.1) is 27.7 Å². The molecular weight excluding hydrogens is 641 g/mol. The van der Waals surface area contributed by atoms with Crippen molar-refractivity contribution in [1.82, 2.24) is 0 Å². The number of aromatic hydroxyl groups is 2. The zero-order chi connectivity index (χ0) is 33.2. The van der Waals surface area contributed by atoms with Crippen molar-refractivity contribution >= 4 is 90.2 Å². The van der Waals surface area contributed by atoms with Gasteiger partial charge in [0, 0.05) is 40.6 Å². The Hall–Kier alpha value is -2.12. The number of hydrogen-bond donors (Lipinski definition) is 2. The summed E-state index contributed by atoms with van der Waals surface area (Å²) < 4.78 is 2.52. The molecule has 0 amide bonds. The number of benzene rings is 4. The molecule has 0 unspecified atom stereocenters. The maximum absolute atomic E-state index is 12.7. The average Bonchev–Trinajstić information content (AvgIpc) is 3.01. The summed E-state index contributed by atoms with van der Waals surface area (Å²) in [6, 6.07) is 4.57. The number of thioether (sulfide) groups is 4. The van der Waals surface area contributed by atoms with Crippen molar-refractivity contribution < 1.29 is 10.2 Å². The molecule has 2 nitrogen and oxygen atoms in total. The molecule has 0 atom stereocenters. The van der Waals surface area contributed by atoms with Crippen molar-refractivity contribution in [3.05, 3.63) is 66.4 Å². The Kier molecular flexibility index (Phi) is 9.59. The number of fused-ring (bicyclic) bond motifs is 2. The molecular formula is C40H46O2S4. The van der Waals surface area contributed by atoms with E-state index in [4.69, 9.17) is 0 Å². The zero-order valence-corrected chi connectivity index (χ0v) is 31.8. The van der Waals surface area contributed by atoms with Crippen LogP contribution in [-0.2, 0) is 0 Å². The van der Waals surface area contributed by atoms with Gasteiger partial charge in [0.05, 0.1) is 0 Å². The van der Waals surface area contributed by atoms with E-state index in [-0.39, 0.29) is 5.92 Å². The summed E-state index contributed by atoms with van der Waals surface area (Å²) in [5.74, 6) is 5.42. The van der Waals surface area contributed by atoms with Gasteiger partial charge in [-0.25, -0.2) is 0 Å². The van der Waals surface area contributed by atoms with Gasteiger partial charge in [0.15, 0.2) is 0 Å². The Bertz CT molecular complexity index is 1990. The number of hydrogen-bond acceptors (Lipinski definition) is 6. The highest BCUT2D eigenvalue weighted by Crippen LogP contribution is 2.46. The second kappa shape index (κ2) is 13.1. The lowest BCUT2D eigenvalue weighted by Crippen LogP contribution is -2.31. The molecule has 4 aromatic rings. The van der Waals surface area contributed by atoms with Crippen molar-refractivity contribution in [2.24, 2.45) is 0 Å². The molecule has 0 bridgehead atoms. The fourth-order valence-corrected chi connectivity index (χ4v) is 13.1. The van der Waals surface area contributed by atoms with Gasteiger partial charge in [-0.3, -0.25) is 0 Å². The van der Waals surface area contributed by atoms with E-state index in [9.17, 15) is 10.2 Å². The minimum Gasteiger partial charge on any atom is -0.507 e. The molecule has 0 aliphatic carbocycles. The van der Waals surface area contributed by atoms with Crippen LogP contribution in [0.25, 0.3) is 54.3 Å². The third kappa shape index (κ3) is 5.40. The average molecular weight is 687 g/mol. The van der Waals surface area contributed by atoms with Crippen molar-refractivity contribution in [3.8, 4) is 22.6 Å². The van der Waals surface area contributed by atoms with Crippen LogP contribution in [0.15, 0.2) is 12.1 Å². The standard InChI is InChI=1S/C40H46O2S4/c1-19(2)29-23(7)24(8)34(39-43-13-11-14-44-39)36-27(29)18-22(6)32(38(36)42)31-21(5)17-28-30(20(3)4)37(41)26(10)35(33(28)25(31)9)40-45-15-12-16-46-40/h17-20,41-42H,8,10-16H2,1-7,9H3. The monoisotopic (exact) mass is 686 g/mol. The molecule has 6 rings (SSSR count). The zero-order valence-electron chi connectivity index (χ0n) is 28.5. The Morgan fingerprint density at radius 1 is 0.587 bits per heavy atom. The Labute approximate surface area is 290 Å². The molecule has 6 heteroatoms. The first-order chi connectivity index (χ1) is 21.9. The number of phenolic OH excluding ortho intramolecular Hbond substituents is 2. The van der Waals surface area contributed by atoms with Gasteiger partial charge in [-0.2, -0.15) is 0 Å². The third-order valence-electron chi connectivity index (χ3n) is 9.68. The van der Waals surface area contributed by atoms with E-state index in [1.807, 2.05) is 47.0 Å². The van der Waals surface area contributed by atoms with E-state index in [0.717, 1.165) is 93.6 Å². The molecule has 0 saturated carbocycles. The van der Waals surface area contributed by atoms with Crippen LogP contribution in [0.3, 0.4) is 0 Å². The fraction of sp³-hybridized carbons (Fsp3) is 0.400. The second-order valence-corrected chi connectivity index (χ2v) is 18.4. The van der Waals surface area contributed by atoms with E-state index in [1.165, 1.54) is 32.4 Å². The molecule has 2 aliphatic heterocycles. The largest absolute Gasteiger partial charge is 0.507 e. The van der Waals surface area contributed by atoms with Gasteiger partial charge in [0.2, 0.25) is 0 Å². The minimum atomic E-state index is 0.132. The van der Waals surface area contributed by atoms with E-state index < -0.39 is 0 Å². The molecule has 2 aliphatic rings. The molecule has 46 heavy (non-hydrogen) atoms. The van der Waals surface area contributed by atoms with Crippen molar-refractivity contribution in [1.29, 1.82) is 0 Å². The molecule has 2 N–H and O–H groups in total.